The van der Waals surface area contributed by atoms with E-state index in [4.69, 9.17) is 42.1 Å². The third-order valence-electron chi connectivity index (χ3n) is 5.08. The molecule has 4 aromatic rings. The molecule has 0 spiro atoms. The molecule has 1 aromatic heterocycles. The van der Waals surface area contributed by atoms with E-state index in [9.17, 15) is 12.8 Å². The number of sulfonamides is 1. The second-order valence-electron chi connectivity index (χ2n) is 7.31. The summed E-state index contributed by atoms with van der Waals surface area (Å²) in [5.41, 5.74) is 0.494. The Labute approximate surface area is 216 Å². The summed E-state index contributed by atoms with van der Waals surface area (Å²) in [6.45, 7) is 0. The van der Waals surface area contributed by atoms with Gasteiger partial charge in [0.05, 0.1) is 37.6 Å². The predicted molar refractivity (Wildman–Crippen MR) is 135 cm³/mol. The Morgan fingerprint density at radius 2 is 1.58 bits per heavy atom. The maximum atomic E-state index is 15.0. The number of fused-ring (bicyclic) bond motifs is 1. The molecule has 0 atom stereocenters. The topological polar surface area (TPSA) is 96.0 Å². The minimum atomic E-state index is -4.22. The highest BCUT2D eigenvalue weighted by Crippen LogP contribution is 2.39. The van der Waals surface area contributed by atoms with Crippen LogP contribution in [0.1, 0.15) is 0 Å². The smallest absolute Gasteiger partial charge is 0.265 e. The van der Waals surface area contributed by atoms with Gasteiger partial charge in [0.15, 0.2) is 28.8 Å². The number of hydrogen-bond acceptors (Lipinski definition) is 7. The highest BCUT2D eigenvalue weighted by molar-refractivity contribution is 7.92. The first-order valence-corrected chi connectivity index (χ1v) is 12.4. The maximum absolute atomic E-state index is 15.0. The minimum Gasteiger partial charge on any atom is -0.494 e. The number of methoxy groups -OCH3 is 3. The number of halogens is 3. The van der Waals surface area contributed by atoms with Gasteiger partial charge in [-0.2, -0.15) is 0 Å². The summed E-state index contributed by atoms with van der Waals surface area (Å²) in [7, 11) is 0.0533. The van der Waals surface area contributed by atoms with Crippen molar-refractivity contribution in [2.24, 2.45) is 0 Å². The minimum absolute atomic E-state index is 0.0131. The van der Waals surface area contributed by atoms with E-state index in [2.05, 4.69) is 9.71 Å². The van der Waals surface area contributed by atoms with E-state index >= 15 is 0 Å². The molecule has 1 N–H and O–H groups in total. The van der Waals surface area contributed by atoms with E-state index in [0.717, 1.165) is 6.07 Å². The van der Waals surface area contributed by atoms with Crippen LogP contribution in [0.25, 0.3) is 10.9 Å². The first-order valence-electron chi connectivity index (χ1n) is 10.2. The zero-order chi connectivity index (χ0) is 26.0. The van der Waals surface area contributed by atoms with Crippen molar-refractivity contribution >= 4 is 49.8 Å². The summed E-state index contributed by atoms with van der Waals surface area (Å²) < 4.78 is 64.7. The average molecular weight is 553 g/mol. The number of ether oxygens (including phenoxy) is 4. The molecule has 12 heteroatoms. The lowest BCUT2D eigenvalue weighted by Gasteiger charge is -2.15. The van der Waals surface area contributed by atoms with Crippen LogP contribution in [-0.4, -0.2) is 34.7 Å². The van der Waals surface area contributed by atoms with Crippen molar-refractivity contribution in [3.05, 3.63) is 70.6 Å². The van der Waals surface area contributed by atoms with Gasteiger partial charge < -0.3 is 18.9 Å². The zero-order valence-corrected chi connectivity index (χ0v) is 21.5. The van der Waals surface area contributed by atoms with Crippen molar-refractivity contribution < 1.29 is 31.8 Å². The van der Waals surface area contributed by atoms with Gasteiger partial charge in [-0.15, -0.1) is 0 Å². The van der Waals surface area contributed by atoms with Crippen LogP contribution in [-0.2, 0) is 10.0 Å². The third kappa shape index (κ3) is 5.06. The largest absolute Gasteiger partial charge is 0.494 e. The number of benzene rings is 3. The lowest BCUT2D eigenvalue weighted by molar-refractivity contribution is 0.355. The molecule has 8 nitrogen and oxygen atoms in total. The lowest BCUT2D eigenvalue weighted by Crippen LogP contribution is -2.14. The van der Waals surface area contributed by atoms with Crippen LogP contribution in [0.5, 0.6) is 28.7 Å². The fraction of sp³-hybridized carbons (Fsp3) is 0.125. The van der Waals surface area contributed by atoms with Gasteiger partial charge in [0.1, 0.15) is 10.6 Å². The molecule has 0 aliphatic carbocycles. The van der Waals surface area contributed by atoms with E-state index in [1.54, 1.807) is 18.2 Å². The summed E-state index contributed by atoms with van der Waals surface area (Å²) in [5, 5.41) is 0.665. The Kier molecular flexibility index (Phi) is 7.30. The van der Waals surface area contributed by atoms with Gasteiger partial charge in [-0.1, -0.05) is 23.2 Å². The third-order valence-corrected chi connectivity index (χ3v) is 6.96. The number of aromatic nitrogens is 1. The maximum Gasteiger partial charge on any atom is 0.265 e. The number of nitrogens with one attached hydrogen (secondary N) is 1. The Bertz CT molecular complexity index is 1570. The van der Waals surface area contributed by atoms with E-state index in [1.807, 2.05) is 0 Å². The molecular weight excluding hydrogens is 534 g/mol. The van der Waals surface area contributed by atoms with Gasteiger partial charge in [-0.25, -0.2) is 12.8 Å². The molecule has 0 radical (unpaired) electrons. The molecule has 0 aliphatic heterocycles. The van der Waals surface area contributed by atoms with Gasteiger partial charge in [-0.3, -0.25) is 9.71 Å². The number of pyridine rings is 1. The molecule has 0 saturated carbocycles. The monoisotopic (exact) mass is 552 g/mol. The van der Waals surface area contributed by atoms with Crippen LogP contribution in [0.3, 0.4) is 0 Å². The summed E-state index contributed by atoms with van der Waals surface area (Å²) in [5.74, 6) is 0.206. The Morgan fingerprint density at radius 1 is 0.861 bits per heavy atom. The molecule has 0 amide bonds. The second-order valence-corrected chi connectivity index (χ2v) is 9.80. The second kappa shape index (κ2) is 10.3. The van der Waals surface area contributed by atoms with Gasteiger partial charge in [0.25, 0.3) is 10.0 Å². The SMILES string of the molecule is COc1cc2nccc(Oc3ccc(NS(=O)(=O)c4cc(Cl)cc(Cl)c4OC)cc3F)c2cc1OC. The zero-order valence-electron chi connectivity index (χ0n) is 19.1. The Hall–Kier alpha value is -3.47. The molecule has 0 fully saturated rings. The standard InChI is InChI=1S/C24H19Cl2FN2O6S/c1-32-21-11-15-18(12-22(21)33-2)28-7-6-19(15)35-20-5-4-14(10-17(20)27)29-36(30,31)23-9-13(25)8-16(26)24(23)34-3/h4-12,29H,1-3H3. The fourth-order valence-electron chi connectivity index (χ4n) is 3.45. The van der Waals surface area contributed by atoms with Gasteiger partial charge in [-0.05, 0) is 36.4 Å². The van der Waals surface area contributed by atoms with E-state index in [-0.39, 0.29) is 32.1 Å². The molecule has 3 aromatic carbocycles. The quantitative estimate of drug-likeness (QED) is 0.274. The highest BCUT2D eigenvalue weighted by atomic mass is 35.5. The van der Waals surface area contributed by atoms with E-state index in [1.165, 1.54) is 51.8 Å². The van der Waals surface area contributed by atoms with Crippen LogP contribution < -0.4 is 23.7 Å². The van der Waals surface area contributed by atoms with Crippen LogP contribution in [0.15, 0.2) is 59.6 Å². The number of rotatable bonds is 8. The van der Waals surface area contributed by atoms with Crippen molar-refractivity contribution in [2.45, 2.75) is 4.90 Å². The summed E-state index contributed by atoms with van der Waals surface area (Å²) >= 11 is 12.0. The first-order chi connectivity index (χ1) is 17.2. The molecule has 0 unspecified atom stereocenters. The molecule has 188 valence electrons. The average Bonchev–Trinajstić information content (AvgIpc) is 2.84. The van der Waals surface area contributed by atoms with Crippen LogP contribution >= 0.6 is 23.2 Å². The molecular formula is C24H19Cl2FN2O6S. The number of hydrogen-bond donors (Lipinski definition) is 1. The molecule has 0 aliphatic rings. The van der Waals surface area contributed by atoms with Crippen molar-refractivity contribution in [2.75, 3.05) is 26.1 Å². The van der Waals surface area contributed by atoms with E-state index < -0.39 is 15.8 Å². The van der Waals surface area contributed by atoms with Crippen molar-refractivity contribution in [3.8, 4) is 28.7 Å². The normalized spacial score (nSPS) is 11.3. The Morgan fingerprint density at radius 3 is 2.25 bits per heavy atom. The summed E-state index contributed by atoms with van der Waals surface area (Å²) in [6, 6.07) is 11.1. The summed E-state index contributed by atoms with van der Waals surface area (Å²) in [4.78, 5) is 3.99. The van der Waals surface area contributed by atoms with Crippen LogP contribution in [0, 0.1) is 5.82 Å². The molecule has 0 bridgehead atoms. The van der Waals surface area contributed by atoms with Gasteiger partial charge in [0, 0.05) is 28.7 Å². The predicted octanol–water partition coefficient (Wildman–Crippen LogP) is 6.30. The number of nitrogens with zero attached hydrogens (tertiary/aromatic N) is 1. The molecule has 0 saturated heterocycles. The summed E-state index contributed by atoms with van der Waals surface area (Å²) in [6.07, 6.45) is 1.51. The number of anilines is 1. The molecule has 4 rings (SSSR count). The van der Waals surface area contributed by atoms with Crippen molar-refractivity contribution in [3.63, 3.8) is 0 Å². The van der Waals surface area contributed by atoms with Crippen LogP contribution in [0.2, 0.25) is 10.0 Å². The van der Waals surface area contributed by atoms with Gasteiger partial charge in [0.2, 0.25) is 0 Å². The first kappa shape index (κ1) is 25.6. The lowest BCUT2D eigenvalue weighted by atomic mass is 10.2. The molecule has 1 heterocycles. The molecule has 36 heavy (non-hydrogen) atoms. The van der Waals surface area contributed by atoms with E-state index in [0.29, 0.717) is 28.2 Å². The Balaban J connectivity index is 1.64. The highest BCUT2D eigenvalue weighted by Gasteiger charge is 2.23. The van der Waals surface area contributed by atoms with Gasteiger partial charge >= 0.3 is 0 Å². The van der Waals surface area contributed by atoms with Crippen LogP contribution in [0.4, 0.5) is 10.1 Å². The van der Waals surface area contributed by atoms with Crippen molar-refractivity contribution in [1.82, 2.24) is 4.98 Å². The van der Waals surface area contributed by atoms with Crippen molar-refractivity contribution in [1.29, 1.82) is 0 Å². The fourth-order valence-corrected chi connectivity index (χ4v) is 5.40.